The van der Waals surface area contributed by atoms with Gasteiger partial charge in [0, 0.05) is 6.54 Å². The quantitative estimate of drug-likeness (QED) is 0.753. The number of halogens is 2. The third-order valence-corrected chi connectivity index (χ3v) is 5.09. The molecular weight excluding hydrogens is 345 g/mol. The van der Waals surface area contributed by atoms with E-state index in [1.165, 1.54) is 0 Å². The summed E-state index contributed by atoms with van der Waals surface area (Å²) >= 11 is 12.1. The van der Waals surface area contributed by atoms with Crippen LogP contribution in [0.3, 0.4) is 0 Å². The smallest absolute Gasteiger partial charge is 0.263 e. The van der Waals surface area contributed by atoms with Crippen LogP contribution < -0.4 is 4.74 Å². The van der Waals surface area contributed by atoms with Crippen molar-refractivity contribution in [3.8, 4) is 5.75 Å². The lowest BCUT2D eigenvalue weighted by Crippen LogP contribution is -2.40. The highest BCUT2D eigenvalue weighted by molar-refractivity contribution is 6.42. The third kappa shape index (κ3) is 3.52. The monoisotopic (exact) mass is 363 g/mol. The van der Waals surface area contributed by atoms with Gasteiger partial charge >= 0.3 is 0 Å². The molecule has 1 fully saturated rings. The van der Waals surface area contributed by atoms with Gasteiger partial charge in [-0.25, -0.2) is 0 Å². The number of amides is 1. The van der Waals surface area contributed by atoms with E-state index in [-0.39, 0.29) is 11.9 Å². The lowest BCUT2D eigenvalue weighted by Gasteiger charge is -2.28. The molecule has 1 aliphatic rings. The highest BCUT2D eigenvalue weighted by Crippen LogP contribution is 2.34. The predicted octanol–water partition coefficient (Wildman–Crippen LogP) is 5.12. The van der Waals surface area contributed by atoms with Crippen molar-refractivity contribution in [2.24, 2.45) is 0 Å². The largest absolute Gasteiger partial charge is 0.479 e. The first-order valence-electron chi connectivity index (χ1n) is 8.04. The summed E-state index contributed by atoms with van der Waals surface area (Å²) < 4.78 is 5.78. The summed E-state index contributed by atoms with van der Waals surface area (Å²) in [5.74, 6) is 0.401. The summed E-state index contributed by atoms with van der Waals surface area (Å²) in [6, 6.07) is 15.4. The minimum absolute atomic E-state index is 0.0302. The van der Waals surface area contributed by atoms with Gasteiger partial charge in [-0.2, -0.15) is 0 Å². The van der Waals surface area contributed by atoms with E-state index in [4.69, 9.17) is 27.9 Å². The van der Waals surface area contributed by atoms with Crippen LogP contribution in [0.25, 0.3) is 0 Å². The maximum absolute atomic E-state index is 12.9. The van der Waals surface area contributed by atoms with Crippen molar-refractivity contribution in [3.05, 3.63) is 64.1 Å². The minimum atomic E-state index is -0.620. The van der Waals surface area contributed by atoms with E-state index in [2.05, 4.69) is 12.1 Å². The van der Waals surface area contributed by atoms with Gasteiger partial charge in [0.15, 0.2) is 6.10 Å². The lowest BCUT2D eigenvalue weighted by atomic mass is 10.0. The molecule has 0 aliphatic carbocycles. The molecule has 5 heteroatoms. The number of hydrogen-bond acceptors (Lipinski definition) is 2. The Kier molecular flexibility index (Phi) is 5.32. The first kappa shape index (κ1) is 17.1. The van der Waals surface area contributed by atoms with Crippen LogP contribution in [0.2, 0.25) is 10.0 Å². The number of carbonyl (C=O) groups excluding carboxylic acids is 1. The maximum Gasteiger partial charge on any atom is 0.263 e. The number of likely N-dealkylation sites (tertiary alicyclic amines) is 1. The Morgan fingerprint density at radius 3 is 2.67 bits per heavy atom. The highest BCUT2D eigenvalue weighted by atomic mass is 35.5. The topological polar surface area (TPSA) is 29.5 Å². The summed E-state index contributed by atoms with van der Waals surface area (Å²) in [5.41, 5.74) is 1.16. The van der Waals surface area contributed by atoms with Crippen molar-refractivity contribution in [2.45, 2.75) is 31.9 Å². The minimum Gasteiger partial charge on any atom is -0.479 e. The number of nitrogens with zero attached hydrogens (tertiary/aromatic N) is 1. The molecule has 24 heavy (non-hydrogen) atoms. The van der Waals surface area contributed by atoms with Gasteiger partial charge in [-0.3, -0.25) is 4.79 Å². The molecule has 2 atom stereocenters. The normalized spacial score (nSPS) is 18.5. The molecule has 0 N–H and O–H groups in total. The average molecular weight is 364 g/mol. The Hall–Kier alpha value is -1.71. The molecule has 0 saturated carbocycles. The van der Waals surface area contributed by atoms with Gasteiger partial charge in [0.1, 0.15) is 10.8 Å². The zero-order valence-electron chi connectivity index (χ0n) is 13.4. The molecule has 1 heterocycles. The van der Waals surface area contributed by atoms with Crippen LogP contribution in [0.15, 0.2) is 48.5 Å². The second-order valence-electron chi connectivity index (χ2n) is 5.91. The van der Waals surface area contributed by atoms with Crippen LogP contribution in [0.5, 0.6) is 5.75 Å². The van der Waals surface area contributed by atoms with Crippen molar-refractivity contribution in [3.63, 3.8) is 0 Å². The molecule has 2 aromatic carbocycles. The van der Waals surface area contributed by atoms with E-state index in [0.29, 0.717) is 15.8 Å². The molecule has 1 saturated heterocycles. The molecule has 2 aromatic rings. The SMILES string of the molecule is CC(Oc1cccc(Cl)c1Cl)C(=O)N1CCCC1c1ccccc1. The van der Waals surface area contributed by atoms with Crippen LogP contribution in [-0.2, 0) is 4.79 Å². The predicted molar refractivity (Wildman–Crippen MR) is 96.7 cm³/mol. The van der Waals surface area contributed by atoms with E-state index < -0.39 is 6.10 Å². The van der Waals surface area contributed by atoms with E-state index in [9.17, 15) is 4.79 Å². The summed E-state index contributed by atoms with van der Waals surface area (Å²) in [6.07, 6.45) is 1.35. The molecule has 1 amide bonds. The Balaban J connectivity index is 1.74. The van der Waals surface area contributed by atoms with Crippen LogP contribution in [-0.4, -0.2) is 23.5 Å². The number of hydrogen-bond donors (Lipinski definition) is 0. The van der Waals surface area contributed by atoms with Gasteiger partial charge in [0.2, 0.25) is 0 Å². The molecular formula is C19H19Cl2NO2. The fraction of sp³-hybridized carbons (Fsp3) is 0.316. The van der Waals surface area contributed by atoms with Gasteiger partial charge in [-0.05, 0) is 37.5 Å². The van der Waals surface area contributed by atoms with E-state index >= 15 is 0 Å². The van der Waals surface area contributed by atoms with E-state index in [1.807, 2.05) is 23.1 Å². The standard InChI is InChI=1S/C19H19Cl2NO2/c1-13(24-17-11-5-9-15(20)18(17)21)19(23)22-12-6-10-16(22)14-7-3-2-4-8-14/h2-5,7-9,11,13,16H,6,10,12H2,1H3. The zero-order chi connectivity index (χ0) is 17.1. The molecule has 0 radical (unpaired) electrons. The fourth-order valence-electron chi connectivity index (χ4n) is 3.10. The van der Waals surface area contributed by atoms with Gasteiger partial charge in [0.25, 0.3) is 5.91 Å². The van der Waals surface area contributed by atoms with Crippen molar-refractivity contribution >= 4 is 29.1 Å². The van der Waals surface area contributed by atoms with Crippen LogP contribution >= 0.6 is 23.2 Å². The Bertz CT molecular complexity index is 721. The molecule has 2 unspecified atom stereocenters. The zero-order valence-corrected chi connectivity index (χ0v) is 14.9. The summed E-state index contributed by atoms with van der Waals surface area (Å²) in [6.45, 7) is 2.50. The Labute approximate surface area is 152 Å². The van der Waals surface area contributed by atoms with Crippen LogP contribution in [0.1, 0.15) is 31.4 Å². The second kappa shape index (κ2) is 7.45. The molecule has 0 aromatic heterocycles. The second-order valence-corrected chi connectivity index (χ2v) is 6.70. The molecule has 0 bridgehead atoms. The maximum atomic E-state index is 12.9. The van der Waals surface area contributed by atoms with E-state index in [1.54, 1.807) is 25.1 Å². The van der Waals surface area contributed by atoms with Gasteiger partial charge in [-0.1, -0.05) is 59.6 Å². The number of ether oxygens (including phenoxy) is 1. The van der Waals surface area contributed by atoms with Gasteiger partial charge in [0.05, 0.1) is 11.1 Å². The van der Waals surface area contributed by atoms with E-state index in [0.717, 1.165) is 24.9 Å². The Morgan fingerprint density at radius 1 is 1.17 bits per heavy atom. The van der Waals surface area contributed by atoms with Gasteiger partial charge in [-0.15, -0.1) is 0 Å². The highest BCUT2D eigenvalue weighted by Gasteiger charge is 2.33. The van der Waals surface area contributed by atoms with Gasteiger partial charge < -0.3 is 9.64 Å². The average Bonchev–Trinajstić information content (AvgIpc) is 3.08. The first-order chi connectivity index (χ1) is 11.6. The molecule has 0 spiro atoms. The number of rotatable bonds is 4. The van der Waals surface area contributed by atoms with Crippen molar-refractivity contribution in [1.82, 2.24) is 4.90 Å². The van der Waals surface area contributed by atoms with Crippen molar-refractivity contribution in [1.29, 1.82) is 0 Å². The number of carbonyl (C=O) groups is 1. The first-order valence-corrected chi connectivity index (χ1v) is 8.79. The molecule has 3 rings (SSSR count). The summed E-state index contributed by atoms with van der Waals surface area (Å²) in [4.78, 5) is 14.8. The van der Waals surface area contributed by atoms with Crippen molar-refractivity contribution < 1.29 is 9.53 Å². The lowest BCUT2D eigenvalue weighted by molar-refractivity contribution is -0.138. The Morgan fingerprint density at radius 2 is 1.92 bits per heavy atom. The molecule has 3 nitrogen and oxygen atoms in total. The third-order valence-electron chi connectivity index (χ3n) is 4.29. The van der Waals surface area contributed by atoms with Crippen LogP contribution in [0, 0.1) is 0 Å². The molecule has 1 aliphatic heterocycles. The summed E-state index contributed by atoms with van der Waals surface area (Å²) in [5, 5.41) is 0.747. The van der Waals surface area contributed by atoms with Crippen molar-refractivity contribution in [2.75, 3.05) is 6.54 Å². The number of benzene rings is 2. The fourth-order valence-corrected chi connectivity index (χ4v) is 3.44. The van der Waals surface area contributed by atoms with Crippen LogP contribution in [0.4, 0.5) is 0 Å². The molecule has 126 valence electrons. The summed E-state index contributed by atoms with van der Waals surface area (Å²) in [7, 11) is 0.